The van der Waals surface area contributed by atoms with E-state index in [1.54, 1.807) is 18.2 Å². The van der Waals surface area contributed by atoms with Gasteiger partial charge in [-0.3, -0.25) is 19.7 Å². The van der Waals surface area contributed by atoms with Crippen LogP contribution in [0.4, 0.5) is 5.69 Å². The number of nitrogens with zero attached hydrogens (tertiary/aromatic N) is 1. The van der Waals surface area contributed by atoms with Crippen LogP contribution in [0.15, 0.2) is 29.2 Å². The molecule has 0 aromatic heterocycles. The first-order valence-corrected chi connectivity index (χ1v) is 6.25. The number of esters is 1. The van der Waals surface area contributed by atoms with E-state index in [0.29, 0.717) is 4.90 Å². The number of ether oxygens (including phenoxy) is 1. The van der Waals surface area contributed by atoms with Crippen LogP contribution in [0.1, 0.15) is 0 Å². The highest BCUT2D eigenvalue weighted by Gasteiger charge is 2.15. The van der Waals surface area contributed by atoms with E-state index in [4.69, 9.17) is 0 Å². The summed E-state index contributed by atoms with van der Waals surface area (Å²) in [5.74, 6) is -1.11. The van der Waals surface area contributed by atoms with Crippen molar-refractivity contribution in [1.82, 2.24) is 5.32 Å². The Morgan fingerprint density at radius 1 is 1.42 bits per heavy atom. The Balaban J connectivity index is 2.51. The van der Waals surface area contributed by atoms with Crippen LogP contribution in [0, 0.1) is 10.1 Å². The predicted molar refractivity (Wildman–Crippen MR) is 68.8 cm³/mol. The van der Waals surface area contributed by atoms with E-state index >= 15 is 0 Å². The molecule has 0 aliphatic carbocycles. The molecule has 1 aromatic rings. The third-order valence-corrected chi connectivity index (χ3v) is 3.09. The Hall–Kier alpha value is -2.09. The second-order valence-electron chi connectivity index (χ2n) is 3.35. The number of carbonyl (C=O) groups is 2. The maximum Gasteiger partial charge on any atom is 0.316 e. The fraction of sp³-hybridized carbons (Fsp3) is 0.273. The van der Waals surface area contributed by atoms with Gasteiger partial charge in [-0.1, -0.05) is 12.1 Å². The van der Waals surface area contributed by atoms with Crippen molar-refractivity contribution < 1.29 is 19.2 Å². The van der Waals surface area contributed by atoms with Gasteiger partial charge in [0.25, 0.3) is 11.6 Å². The summed E-state index contributed by atoms with van der Waals surface area (Å²) in [7, 11) is 1.43. The number of likely N-dealkylation sites (N-methyl/N-ethyl adjacent to an activating group) is 1. The largest absolute Gasteiger partial charge is 0.455 e. The summed E-state index contributed by atoms with van der Waals surface area (Å²) in [5, 5.41) is 13.0. The van der Waals surface area contributed by atoms with Crippen molar-refractivity contribution in [1.29, 1.82) is 0 Å². The van der Waals surface area contributed by atoms with Crippen LogP contribution in [-0.2, 0) is 14.3 Å². The van der Waals surface area contributed by atoms with Gasteiger partial charge in [-0.2, -0.15) is 0 Å². The maximum atomic E-state index is 11.3. The molecule has 0 radical (unpaired) electrons. The number of nitro benzene ring substituents is 1. The molecule has 0 spiro atoms. The highest BCUT2D eigenvalue weighted by molar-refractivity contribution is 8.00. The quantitative estimate of drug-likeness (QED) is 0.362. The lowest BCUT2D eigenvalue weighted by Gasteiger charge is -2.04. The Morgan fingerprint density at radius 2 is 2.11 bits per heavy atom. The van der Waals surface area contributed by atoms with Gasteiger partial charge < -0.3 is 10.1 Å². The SMILES string of the molecule is CNC(=O)COC(=O)CSc1ccccc1[N+](=O)[O-]. The molecule has 8 heteroatoms. The van der Waals surface area contributed by atoms with Crippen molar-refractivity contribution >= 4 is 29.3 Å². The third kappa shape index (κ3) is 4.96. The fourth-order valence-corrected chi connectivity index (χ4v) is 1.95. The minimum atomic E-state index is -0.605. The van der Waals surface area contributed by atoms with E-state index in [1.165, 1.54) is 13.1 Å². The molecular weight excluding hydrogens is 272 g/mol. The van der Waals surface area contributed by atoms with Gasteiger partial charge in [-0.15, -0.1) is 11.8 Å². The molecule has 0 aliphatic heterocycles. The van der Waals surface area contributed by atoms with Crippen LogP contribution in [0.25, 0.3) is 0 Å². The van der Waals surface area contributed by atoms with Gasteiger partial charge in [-0.25, -0.2) is 0 Å². The standard InChI is InChI=1S/C11H12N2O5S/c1-12-10(14)6-18-11(15)7-19-9-5-3-2-4-8(9)13(16)17/h2-5H,6-7H2,1H3,(H,12,14). The number of thioether (sulfide) groups is 1. The highest BCUT2D eigenvalue weighted by Crippen LogP contribution is 2.28. The molecule has 0 saturated carbocycles. The van der Waals surface area contributed by atoms with Gasteiger partial charge in [0.05, 0.1) is 15.6 Å². The van der Waals surface area contributed by atoms with Gasteiger partial charge in [0.2, 0.25) is 0 Å². The molecule has 1 N–H and O–H groups in total. The first kappa shape index (κ1) is 15.0. The summed E-state index contributed by atoms with van der Waals surface area (Å²) >= 11 is 0.995. The summed E-state index contributed by atoms with van der Waals surface area (Å²) in [6.45, 7) is -0.354. The minimum Gasteiger partial charge on any atom is -0.455 e. The topological polar surface area (TPSA) is 98.5 Å². The third-order valence-electron chi connectivity index (χ3n) is 2.05. The molecule has 0 bridgehead atoms. The molecule has 0 heterocycles. The lowest BCUT2D eigenvalue weighted by molar-refractivity contribution is -0.387. The van der Waals surface area contributed by atoms with Crippen molar-refractivity contribution in [2.75, 3.05) is 19.4 Å². The van der Waals surface area contributed by atoms with Crippen LogP contribution in [-0.4, -0.2) is 36.2 Å². The van der Waals surface area contributed by atoms with Crippen LogP contribution in [0.5, 0.6) is 0 Å². The monoisotopic (exact) mass is 284 g/mol. The smallest absolute Gasteiger partial charge is 0.316 e. The molecule has 0 atom stereocenters. The lowest BCUT2D eigenvalue weighted by atomic mass is 10.3. The number of amides is 1. The summed E-state index contributed by atoms with van der Waals surface area (Å²) < 4.78 is 4.68. The summed E-state index contributed by atoms with van der Waals surface area (Å²) in [6, 6.07) is 6.10. The van der Waals surface area contributed by atoms with Crippen molar-refractivity contribution in [2.45, 2.75) is 4.90 Å². The van der Waals surface area contributed by atoms with Crippen molar-refractivity contribution in [3.63, 3.8) is 0 Å². The molecule has 102 valence electrons. The van der Waals surface area contributed by atoms with Crippen LogP contribution in [0.3, 0.4) is 0 Å². The Morgan fingerprint density at radius 3 is 2.74 bits per heavy atom. The van der Waals surface area contributed by atoms with Crippen LogP contribution < -0.4 is 5.32 Å². The first-order chi connectivity index (χ1) is 9.04. The van der Waals surface area contributed by atoms with E-state index in [0.717, 1.165) is 11.8 Å². The molecule has 1 amide bonds. The van der Waals surface area contributed by atoms with E-state index in [-0.39, 0.29) is 18.0 Å². The molecular formula is C11H12N2O5S. The van der Waals surface area contributed by atoms with E-state index < -0.39 is 16.8 Å². The fourth-order valence-electron chi connectivity index (χ4n) is 1.13. The van der Waals surface area contributed by atoms with Gasteiger partial charge in [0, 0.05) is 13.1 Å². The number of nitro groups is 1. The van der Waals surface area contributed by atoms with E-state index in [2.05, 4.69) is 10.1 Å². The molecule has 0 saturated heterocycles. The van der Waals surface area contributed by atoms with Crippen molar-refractivity contribution in [2.24, 2.45) is 0 Å². The molecule has 19 heavy (non-hydrogen) atoms. The van der Waals surface area contributed by atoms with Gasteiger partial charge in [-0.05, 0) is 6.07 Å². The Labute approximate surface area is 113 Å². The zero-order chi connectivity index (χ0) is 14.3. The van der Waals surface area contributed by atoms with Crippen molar-refractivity contribution in [3.05, 3.63) is 34.4 Å². The zero-order valence-corrected chi connectivity index (χ0v) is 10.9. The number of hydrogen-bond donors (Lipinski definition) is 1. The number of para-hydroxylation sites is 1. The van der Waals surface area contributed by atoms with E-state index in [9.17, 15) is 19.7 Å². The zero-order valence-electron chi connectivity index (χ0n) is 10.1. The molecule has 0 unspecified atom stereocenters. The van der Waals surface area contributed by atoms with Crippen LogP contribution >= 0.6 is 11.8 Å². The number of benzene rings is 1. The highest BCUT2D eigenvalue weighted by atomic mass is 32.2. The molecule has 1 rings (SSSR count). The number of carbonyl (C=O) groups excluding carboxylic acids is 2. The van der Waals surface area contributed by atoms with Crippen LogP contribution in [0.2, 0.25) is 0 Å². The second-order valence-corrected chi connectivity index (χ2v) is 4.36. The van der Waals surface area contributed by atoms with Gasteiger partial charge in [0.15, 0.2) is 6.61 Å². The second kappa shape index (κ2) is 7.37. The number of rotatable bonds is 6. The average Bonchev–Trinajstić information content (AvgIpc) is 2.42. The first-order valence-electron chi connectivity index (χ1n) is 5.27. The van der Waals surface area contributed by atoms with Crippen molar-refractivity contribution in [3.8, 4) is 0 Å². The maximum absolute atomic E-state index is 11.3. The minimum absolute atomic E-state index is 0.0633. The lowest BCUT2D eigenvalue weighted by Crippen LogP contribution is -2.25. The molecule has 0 fully saturated rings. The summed E-state index contributed by atoms with van der Waals surface area (Å²) in [5.41, 5.74) is -0.0633. The predicted octanol–water partition coefficient (Wildman–Crippen LogP) is 0.976. The number of hydrogen-bond acceptors (Lipinski definition) is 6. The average molecular weight is 284 g/mol. The normalized spacial score (nSPS) is 9.74. The van der Waals surface area contributed by atoms with Gasteiger partial charge in [0.1, 0.15) is 0 Å². The summed E-state index contributed by atoms with van der Waals surface area (Å²) in [4.78, 5) is 32.8. The molecule has 7 nitrogen and oxygen atoms in total. The molecule has 0 aliphatic rings. The number of nitrogens with one attached hydrogen (secondary N) is 1. The Bertz CT molecular complexity index is 492. The van der Waals surface area contributed by atoms with Gasteiger partial charge >= 0.3 is 5.97 Å². The molecule has 1 aromatic carbocycles. The summed E-state index contributed by atoms with van der Waals surface area (Å²) in [6.07, 6.45) is 0. The Kier molecular flexibility index (Phi) is 5.80. The van der Waals surface area contributed by atoms with E-state index in [1.807, 2.05) is 0 Å².